The Kier molecular flexibility index (Phi) is 4.49. The fourth-order valence-corrected chi connectivity index (χ4v) is 4.30. The van der Waals surface area contributed by atoms with Gasteiger partial charge in [0.25, 0.3) is 11.8 Å². The molecule has 2 amide bonds. The number of methoxy groups -OCH3 is 1. The standard InChI is InChI=1S/C24H15NO8/c1-32-12-4-2-11(3-5-12)10-17(22(28)29)25-20(26)13-6-8-15-19-16(24(31)33-23(15)30)9-7-14(18(13)19)21(25)27/h2-9,17H,10H2,1H3,(H,28,29)/t17-/m0/s1. The molecular weight excluding hydrogens is 430 g/mol. The Morgan fingerprint density at radius 2 is 1.33 bits per heavy atom. The van der Waals surface area contributed by atoms with E-state index in [0.717, 1.165) is 4.90 Å². The zero-order valence-electron chi connectivity index (χ0n) is 17.2. The van der Waals surface area contributed by atoms with Gasteiger partial charge in [-0.25, -0.2) is 14.4 Å². The van der Waals surface area contributed by atoms with Crippen LogP contribution in [0.3, 0.4) is 0 Å². The summed E-state index contributed by atoms with van der Waals surface area (Å²) >= 11 is 0. The van der Waals surface area contributed by atoms with Crippen molar-refractivity contribution in [2.45, 2.75) is 12.5 Å². The molecule has 164 valence electrons. The molecule has 0 bridgehead atoms. The van der Waals surface area contributed by atoms with Crippen molar-refractivity contribution < 1.29 is 38.6 Å². The molecule has 1 atom stereocenters. The van der Waals surface area contributed by atoms with Gasteiger partial charge in [-0.05, 0) is 42.0 Å². The number of hydrogen-bond acceptors (Lipinski definition) is 7. The summed E-state index contributed by atoms with van der Waals surface area (Å²) in [5.41, 5.74) is 0.787. The SMILES string of the molecule is COc1ccc(C[C@@H](C(=O)O)N2C(=O)c3ccc4c5c(ccc(c35)C2=O)C(=O)OC4=O)cc1. The summed E-state index contributed by atoms with van der Waals surface area (Å²) in [6, 6.07) is 10.5. The third kappa shape index (κ3) is 2.97. The van der Waals surface area contributed by atoms with E-state index in [1.807, 2.05) is 0 Å². The molecule has 9 nitrogen and oxygen atoms in total. The third-order valence-electron chi connectivity index (χ3n) is 5.87. The number of imide groups is 1. The highest BCUT2D eigenvalue weighted by Gasteiger charge is 2.42. The van der Waals surface area contributed by atoms with Gasteiger partial charge in [-0.3, -0.25) is 14.5 Å². The molecular formula is C24H15NO8. The van der Waals surface area contributed by atoms with Crippen molar-refractivity contribution in [2.24, 2.45) is 0 Å². The molecule has 2 heterocycles. The molecule has 3 aromatic rings. The highest BCUT2D eigenvalue weighted by molar-refractivity contribution is 6.31. The number of cyclic esters (lactones) is 2. The Labute approximate surface area is 186 Å². The van der Waals surface area contributed by atoms with Crippen LogP contribution in [0.5, 0.6) is 5.75 Å². The fourth-order valence-electron chi connectivity index (χ4n) is 4.30. The first-order valence-corrected chi connectivity index (χ1v) is 9.91. The van der Waals surface area contributed by atoms with Crippen LogP contribution in [-0.4, -0.2) is 52.9 Å². The monoisotopic (exact) mass is 445 g/mol. The van der Waals surface area contributed by atoms with Crippen molar-refractivity contribution in [2.75, 3.05) is 7.11 Å². The van der Waals surface area contributed by atoms with Crippen molar-refractivity contribution >= 4 is 40.5 Å². The van der Waals surface area contributed by atoms with Gasteiger partial charge in [0.05, 0.1) is 18.2 Å². The largest absolute Gasteiger partial charge is 0.497 e. The number of carboxylic acids is 1. The van der Waals surface area contributed by atoms with Crippen molar-refractivity contribution in [3.05, 3.63) is 76.3 Å². The van der Waals surface area contributed by atoms with Crippen LogP contribution in [0.1, 0.15) is 47.0 Å². The summed E-state index contributed by atoms with van der Waals surface area (Å²) in [7, 11) is 1.50. The maximum atomic E-state index is 13.4. The minimum absolute atomic E-state index is 0.0358. The Morgan fingerprint density at radius 1 is 0.848 bits per heavy atom. The van der Waals surface area contributed by atoms with E-state index in [9.17, 15) is 29.1 Å². The molecule has 3 aromatic carbocycles. The van der Waals surface area contributed by atoms with Gasteiger partial charge in [0.15, 0.2) is 0 Å². The molecule has 0 radical (unpaired) electrons. The van der Waals surface area contributed by atoms with E-state index in [2.05, 4.69) is 0 Å². The lowest BCUT2D eigenvalue weighted by molar-refractivity contribution is -0.141. The number of amides is 2. The number of carbonyl (C=O) groups is 5. The van der Waals surface area contributed by atoms with Gasteiger partial charge in [-0.1, -0.05) is 12.1 Å². The summed E-state index contributed by atoms with van der Waals surface area (Å²) in [4.78, 5) is 63.9. The molecule has 33 heavy (non-hydrogen) atoms. The molecule has 2 aliphatic rings. The van der Waals surface area contributed by atoms with Crippen LogP contribution in [0.15, 0.2) is 48.5 Å². The first-order chi connectivity index (χ1) is 15.8. The van der Waals surface area contributed by atoms with Gasteiger partial charge >= 0.3 is 17.9 Å². The molecule has 0 aromatic heterocycles. The Bertz CT molecular complexity index is 1340. The average molecular weight is 445 g/mol. The molecule has 0 saturated heterocycles. The summed E-state index contributed by atoms with van der Waals surface area (Å²) < 4.78 is 9.82. The molecule has 0 saturated carbocycles. The lowest BCUT2D eigenvalue weighted by Gasteiger charge is -2.32. The quantitative estimate of drug-likeness (QED) is 0.360. The maximum absolute atomic E-state index is 13.4. The van der Waals surface area contributed by atoms with Crippen LogP contribution in [0.25, 0.3) is 10.8 Å². The minimum atomic E-state index is -1.47. The lowest BCUT2D eigenvalue weighted by Crippen LogP contribution is -2.51. The third-order valence-corrected chi connectivity index (χ3v) is 5.87. The van der Waals surface area contributed by atoms with E-state index >= 15 is 0 Å². The number of ether oxygens (including phenoxy) is 2. The van der Waals surface area contributed by atoms with Crippen molar-refractivity contribution in [3.8, 4) is 5.75 Å². The Balaban J connectivity index is 1.63. The second-order valence-electron chi connectivity index (χ2n) is 7.63. The van der Waals surface area contributed by atoms with Crippen molar-refractivity contribution in [1.29, 1.82) is 0 Å². The average Bonchev–Trinajstić information content (AvgIpc) is 2.80. The Hall–Kier alpha value is -4.53. The van der Waals surface area contributed by atoms with E-state index in [-0.39, 0.29) is 39.4 Å². The van der Waals surface area contributed by atoms with E-state index in [1.165, 1.54) is 31.4 Å². The van der Waals surface area contributed by atoms with Crippen LogP contribution in [0.4, 0.5) is 0 Å². The van der Waals surface area contributed by atoms with Crippen LogP contribution < -0.4 is 4.74 Å². The van der Waals surface area contributed by atoms with Gasteiger partial charge in [0, 0.05) is 28.3 Å². The predicted molar refractivity (Wildman–Crippen MR) is 112 cm³/mol. The summed E-state index contributed by atoms with van der Waals surface area (Å²) in [6.45, 7) is 0. The normalized spacial score (nSPS) is 15.5. The Morgan fingerprint density at radius 3 is 1.82 bits per heavy atom. The summed E-state index contributed by atoms with van der Waals surface area (Å²) in [5.74, 6) is -4.15. The number of carboxylic acid groups (broad SMARTS) is 1. The van der Waals surface area contributed by atoms with E-state index in [4.69, 9.17) is 9.47 Å². The zero-order chi connectivity index (χ0) is 23.4. The molecule has 0 fully saturated rings. The predicted octanol–water partition coefficient (Wildman–Crippen LogP) is 2.45. The smallest absolute Gasteiger partial charge is 0.346 e. The minimum Gasteiger partial charge on any atom is -0.497 e. The fraction of sp³-hybridized carbons (Fsp3) is 0.125. The van der Waals surface area contributed by atoms with Gasteiger partial charge in [-0.2, -0.15) is 0 Å². The van der Waals surface area contributed by atoms with Crippen LogP contribution in [0, 0.1) is 0 Å². The highest BCUT2D eigenvalue weighted by atomic mass is 16.6. The maximum Gasteiger partial charge on any atom is 0.346 e. The molecule has 1 N–H and O–H groups in total. The first kappa shape index (κ1) is 20.4. The van der Waals surface area contributed by atoms with Gasteiger partial charge in [-0.15, -0.1) is 0 Å². The highest BCUT2D eigenvalue weighted by Crippen LogP contribution is 2.37. The second-order valence-corrected chi connectivity index (χ2v) is 7.63. The molecule has 0 unspecified atom stereocenters. The van der Waals surface area contributed by atoms with Crippen LogP contribution >= 0.6 is 0 Å². The summed E-state index contributed by atoms with van der Waals surface area (Å²) in [5, 5.41) is 10.2. The lowest BCUT2D eigenvalue weighted by atomic mass is 9.86. The number of rotatable bonds is 5. The molecule has 9 heteroatoms. The van der Waals surface area contributed by atoms with Crippen LogP contribution in [0.2, 0.25) is 0 Å². The van der Waals surface area contributed by atoms with E-state index < -0.39 is 35.8 Å². The van der Waals surface area contributed by atoms with Crippen LogP contribution in [-0.2, 0) is 16.0 Å². The number of carbonyl (C=O) groups excluding carboxylic acids is 4. The van der Waals surface area contributed by atoms with Gasteiger partial charge < -0.3 is 14.6 Å². The number of benzene rings is 3. The number of hydrogen-bond donors (Lipinski definition) is 1. The first-order valence-electron chi connectivity index (χ1n) is 9.91. The molecule has 5 rings (SSSR count). The number of aliphatic carboxylic acids is 1. The van der Waals surface area contributed by atoms with Gasteiger partial charge in [0.2, 0.25) is 0 Å². The molecule has 0 spiro atoms. The summed E-state index contributed by atoms with van der Waals surface area (Å²) in [6.07, 6.45) is -0.115. The number of nitrogens with zero attached hydrogens (tertiary/aromatic N) is 1. The zero-order valence-corrected chi connectivity index (χ0v) is 17.2. The molecule has 0 aliphatic carbocycles. The number of esters is 2. The molecule has 2 aliphatic heterocycles. The van der Waals surface area contributed by atoms with Crippen molar-refractivity contribution in [1.82, 2.24) is 4.90 Å². The van der Waals surface area contributed by atoms with Gasteiger partial charge in [0.1, 0.15) is 11.8 Å². The van der Waals surface area contributed by atoms with Crippen molar-refractivity contribution in [3.63, 3.8) is 0 Å². The second kappa shape index (κ2) is 7.27. The topological polar surface area (TPSA) is 127 Å². The van der Waals surface area contributed by atoms with E-state index in [0.29, 0.717) is 11.3 Å². The van der Waals surface area contributed by atoms with E-state index in [1.54, 1.807) is 24.3 Å².